The lowest BCUT2D eigenvalue weighted by Crippen LogP contribution is -2.13. The molecule has 2 N–H and O–H groups in total. The number of ether oxygens (including phenoxy) is 1. The molecule has 106 valence electrons. The molecule has 0 unspecified atom stereocenters. The molecule has 2 rings (SSSR count). The fraction of sp³-hybridized carbons (Fsp3) is 0.167. The van der Waals surface area contributed by atoms with Gasteiger partial charge in [-0.15, -0.1) is 0 Å². The Kier molecular flexibility index (Phi) is 4.16. The average Bonchev–Trinajstić information content (AvgIpc) is 2.47. The quantitative estimate of drug-likeness (QED) is 0.845. The molecule has 1 heterocycles. The lowest BCUT2D eigenvalue weighted by molar-refractivity contribution is 0.273. The highest BCUT2D eigenvalue weighted by molar-refractivity contribution is 7.92. The van der Waals surface area contributed by atoms with Crippen LogP contribution >= 0.6 is 0 Å². The predicted octanol–water partition coefficient (Wildman–Crippen LogP) is 0.778. The molecular formula is C12H13N3O4S. The fourth-order valence-electron chi connectivity index (χ4n) is 1.61. The number of hydrogen-bond acceptors (Lipinski definition) is 6. The molecule has 0 saturated carbocycles. The lowest BCUT2D eigenvalue weighted by atomic mass is 10.2. The van der Waals surface area contributed by atoms with Crippen LogP contribution in [0.5, 0.6) is 5.75 Å². The number of aromatic nitrogens is 2. The Hall–Kier alpha value is -2.19. The zero-order valence-corrected chi connectivity index (χ0v) is 11.5. The van der Waals surface area contributed by atoms with Gasteiger partial charge >= 0.3 is 0 Å². The van der Waals surface area contributed by atoms with Crippen LogP contribution in [-0.4, -0.2) is 30.6 Å². The minimum absolute atomic E-state index is 0.0196. The number of benzene rings is 1. The Bertz CT molecular complexity index is 689. The first-order chi connectivity index (χ1) is 9.56. The van der Waals surface area contributed by atoms with Crippen molar-refractivity contribution in [1.29, 1.82) is 0 Å². The Morgan fingerprint density at radius 1 is 1.30 bits per heavy atom. The minimum atomic E-state index is -3.77. The van der Waals surface area contributed by atoms with Crippen LogP contribution in [0.2, 0.25) is 0 Å². The van der Waals surface area contributed by atoms with Gasteiger partial charge in [0.25, 0.3) is 10.0 Å². The van der Waals surface area contributed by atoms with Gasteiger partial charge in [0.15, 0.2) is 0 Å². The number of anilines is 1. The number of sulfonamides is 1. The van der Waals surface area contributed by atoms with E-state index in [0.29, 0.717) is 11.3 Å². The van der Waals surface area contributed by atoms with Crippen LogP contribution in [0, 0.1) is 0 Å². The second kappa shape index (κ2) is 5.85. The predicted molar refractivity (Wildman–Crippen MR) is 71.8 cm³/mol. The molecule has 0 aliphatic carbocycles. The molecule has 0 aliphatic heterocycles. The van der Waals surface area contributed by atoms with E-state index < -0.39 is 10.0 Å². The van der Waals surface area contributed by atoms with E-state index in [4.69, 9.17) is 4.74 Å². The first-order valence-electron chi connectivity index (χ1n) is 5.62. The van der Waals surface area contributed by atoms with Crippen molar-refractivity contribution in [3.63, 3.8) is 0 Å². The monoisotopic (exact) mass is 295 g/mol. The van der Waals surface area contributed by atoms with Gasteiger partial charge in [0.1, 0.15) is 12.1 Å². The lowest BCUT2D eigenvalue weighted by Gasteiger charge is -2.10. The summed E-state index contributed by atoms with van der Waals surface area (Å²) < 4.78 is 31.7. The van der Waals surface area contributed by atoms with E-state index in [2.05, 4.69) is 14.7 Å². The molecular weight excluding hydrogens is 282 g/mol. The van der Waals surface area contributed by atoms with Gasteiger partial charge in [0.2, 0.25) is 0 Å². The van der Waals surface area contributed by atoms with Crippen LogP contribution in [0.25, 0.3) is 0 Å². The molecule has 0 saturated heterocycles. The normalized spacial score (nSPS) is 11.1. The van der Waals surface area contributed by atoms with Crippen molar-refractivity contribution in [3.8, 4) is 5.75 Å². The maximum Gasteiger partial charge on any atom is 0.262 e. The summed E-state index contributed by atoms with van der Waals surface area (Å²) in [7, 11) is -2.32. The Labute approximate surface area is 116 Å². The van der Waals surface area contributed by atoms with Crippen LogP contribution in [-0.2, 0) is 16.6 Å². The third-order valence-electron chi connectivity index (χ3n) is 2.55. The summed E-state index contributed by atoms with van der Waals surface area (Å²) in [6.45, 7) is -0.318. The van der Waals surface area contributed by atoms with Gasteiger partial charge in [-0.2, -0.15) is 0 Å². The number of aliphatic hydroxyl groups excluding tert-OH is 1. The zero-order chi connectivity index (χ0) is 14.6. The van der Waals surface area contributed by atoms with E-state index in [1.807, 2.05) is 0 Å². The van der Waals surface area contributed by atoms with Crippen molar-refractivity contribution in [3.05, 3.63) is 42.5 Å². The van der Waals surface area contributed by atoms with Crippen molar-refractivity contribution in [1.82, 2.24) is 9.97 Å². The SMILES string of the molecule is COc1ccc(S(=O)(=O)Nc2cncnc2)cc1CO. The highest BCUT2D eigenvalue weighted by Crippen LogP contribution is 2.23. The second-order valence-electron chi connectivity index (χ2n) is 3.86. The summed E-state index contributed by atoms with van der Waals surface area (Å²) >= 11 is 0. The molecule has 0 spiro atoms. The summed E-state index contributed by atoms with van der Waals surface area (Å²) in [4.78, 5) is 7.47. The number of methoxy groups -OCH3 is 1. The van der Waals surface area contributed by atoms with Crippen LogP contribution in [0.4, 0.5) is 5.69 Å². The molecule has 8 heteroatoms. The van der Waals surface area contributed by atoms with E-state index in [0.717, 1.165) is 0 Å². The first-order valence-corrected chi connectivity index (χ1v) is 7.11. The number of nitrogens with one attached hydrogen (secondary N) is 1. The van der Waals surface area contributed by atoms with Gasteiger partial charge < -0.3 is 9.84 Å². The smallest absolute Gasteiger partial charge is 0.262 e. The molecule has 0 aliphatic rings. The molecule has 20 heavy (non-hydrogen) atoms. The van der Waals surface area contributed by atoms with Gasteiger partial charge in [-0.05, 0) is 18.2 Å². The summed E-state index contributed by atoms with van der Waals surface area (Å²) in [6, 6.07) is 4.23. The largest absolute Gasteiger partial charge is 0.496 e. The van der Waals surface area contributed by atoms with Crippen molar-refractivity contribution in [2.24, 2.45) is 0 Å². The topological polar surface area (TPSA) is 101 Å². The van der Waals surface area contributed by atoms with Crippen molar-refractivity contribution >= 4 is 15.7 Å². The number of hydrogen-bond donors (Lipinski definition) is 2. The number of rotatable bonds is 5. The number of aliphatic hydroxyl groups is 1. The molecule has 0 bridgehead atoms. The van der Waals surface area contributed by atoms with E-state index in [9.17, 15) is 13.5 Å². The molecule has 7 nitrogen and oxygen atoms in total. The van der Waals surface area contributed by atoms with E-state index in [1.165, 1.54) is 44.0 Å². The van der Waals surface area contributed by atoms with Crippen molar-refractivity contribution < 1.29 is 18.3 Å². The zero-order valence-electron chi connectivity index (χ0n) is 10.6. The average molecular weight is 295 g/mol. The van der Waals surface area contributed by atoms with Gasteiger partial charge in [0.05, 0.1) is 36.7 Å². The molecule has 2 aromatic rings. The summed E-state index contributed by atoms with van der Waals surface area (Å²) in [5, 5.41) is 9.21. The maximum absolute atomic E-state index is 12.2. The van der Waals surface area contributed by atoms with Gasteiger partial charge in [-0.25, -0.2) is 18.4 Å². The van der Waals surface area contributed by atoms with E-state index in [-0.39, 0.29) is 17.2 Å². The van der Waals surface area contributed by atoms with E-state index in [1.54, 1.807) is 0 Å². The maximum atomic E-state index is 12.2. The summed E-state index contributed by atoms with van der Waals surface area (Å²) in [6.07, 6.45) is 4.00. The van der Waals surface area contributed by atoms with Gasteiger partial charge in [-0.1, -0.05) is 0 Å². The molecule has 1 aromatic carbocycles. The van der Waals surface area contributed by atoms with Crippen LogP contribution < -0.4 is 9.46 Å². The van der Waals surface area contributed by atoms with E-state index >= 15 is 0 Å². The molecule has 0 atom stereocenters. The molecule has 0 fully saturated rings. The summed E-state index contributed by atoms with van der Waals surface area (Å²) in [5.41, 5.74) is 0.647. The third kappa shape index (κ3) is 3.03. The number of nitrogens with zero attached hydrogens (tertiary/aromatic N) is 2. The van der Waals surface area contributed by atoms with Crippen LogP contribution in [0.3, 0.4) is 0 Å². The molecule has 0 amide bonds. The standard InChI is InChI=1S/C12H13N3O4S/c1-19-12-3-2-11(4-9(12)7-16)20(17,18)15-10-5-13-8-14-6-10/h2-6,8,15-16H,7H2,1H3. The minimum Gasteiger partial charge on any atom is -0.496 e. The third-order valence-corrected chi connectivity index (χ3v) is 3.92. The fourth-order valence-corrected chi connectivity index (χ4v) is 2.69. The first kappa shape index (κ1) is 14.2. The Morgan fingerprint density at radius 3 is 2.60 bits per heavy atom. The van der Waals surface area contributed by atoms with Gasteiger partial charge in [-0.3, -0.25) is 4.72 Å². The Morgan fingerprint density at radius 2 is 2.00 bits per heavy atom. The van der Waals surface area contributed by atoms with Crippen molar-refractivity contribution in [2.75, 3.05) is 11.8 Å². The van der Waals surface area contributed by atoms with Crippen LogP contribution in [0.1, 0.15) is 5.56 Å². The van der Waals surface area contributed by atoms with Crippen LogP contribution in [0.15, 0.2) is 41.8 Å². The highest BCUT2D eigenvalue weighted by atomic mass is 32.2. The summed E-state index contributed by atoms with van der Waals surface area (Å²) in [5.74, 6) is 0.425. The van der Waals surface area contributed by atoms with Crippen molar-refractivity contribution in [2.45, 2.75) is 11.5 Å². The molecule has 0 radical (unpaired) electrons. The molecule has 1 aromatic heterocycles. The second-order valence-corrected chi connectivity index (χ2v) is 5.55. The van der Waals surface area contributed by atoms with Gasteiger partial charge in [0, 0.05) is 5.56 Å². The highest BCUT2D eigenvalue weighted by Gasteiger charge is 2.16. The Balaban J connectivity index is 2.35.